The summed E-state index contributed by atoms with van der Waals surface area (Å²) >= 11 is 5.91. The predicted octanol–water partition coefficient (Wildman–Crippen LogP) is 4.25. The zero-order valence-corrected chi connectivity index (χ0v) is 18.1. The number of amides is 1. The van der Waals surface area contributed by atoms with Gasteiger partial charge < -0.3 is 20.1 Å². The highest BCUT2D eigenvalue weighted by Gasteiger charge is 2.47. The predicted molar refractivity (Wildman–Crippen MR) is 119 cm³/mol. The second-order valence-corrected chi connectivity index (χ2v) is 8.31. The van der Waals surface area contributed by atoms with Crippen LogP contribution in [0.3, 0.4) is 0 Å². The zero-order valence-electron chi connectivity index (χ0n) is 17.3. The molecule has 0 unspecified atom stereocenters. The molecule has 0 bridgehead atoms. The Morgan fingerprint density at radius 1 is 1.25 bits per heavy atom. The van der Waals surface area contributed by atoms with Crippen molar-refractivity contribution in [2.45, 2.75) is 18.4 Å². The van der Waals surface area contributed by atoms with Gasteiger partial charge in [-0.05, 0) is 37.4 Å². The molecule has 32 heavy (non-hydrogen) atoms. The van der Waals surface area contributed by atoms with Crippen LogP contribution in [0.1, 0.15) is 12.8 Å². The minimum atomic E-state index is -0.504. The average molecular weight is 458 g/mol. The maximum absolute atomic E-state index is 13.5. The number of piperidine rings is 1. The molecule has 166 valence electrons. The fourth-order valence-corrected chi connectivity index (χ4v) is 4.39. The number of halogens is 2. The highest BCUT2D eigenvalue weighted by Crippen LogP contribution is 2.41. The highest BCUT2D eigenvalue weighted by molar-refractivity contribution is 6.31. The molecule has 2 aromatic carbocycles. The number of carbonyl (C=O) groups is 1. The summed E-state index contributed by atoms with van der Waals surface area (Å²) in [6.45, 7) is 2.05. The Balaban J connectivity index is 1.55. The molecular formula is C22H21ClFN5O3. The largest absolute Gasteiger partial charge is 0.494 e. The Morgan fingerprint density at radius 3 is 2.81 bits per heavy atom. The van der Waals surface area contributed by atoms with Crippen molar-refractivity contribution >= 4 is 45.8 Å². The van der Waals surface area contributed by atoms with Crippen LogP contribution in [0.2, 0.25) is 5.02 Å². The van der Waals surface area contributed by atoms with E-state index < -0.39 is 17.5 Å². The molecule has 10 heteroatoms. The Kier molecular flexibility index (Phi) is 5.22. The lowest BCUT2D eigenvalue weighted by molar-refractivity contribution is 0.0316. The van der Waals surface area contributed by atoms with Crippen LogP contribution in [0.5, 0.6) is 5.75 Å². The van der Waals surface area contributed by atoms with E-state index in [9.17, 15) is 9.18 Å². The van der Waals surface area contributed by atoms with Gasteiger partial charge in [-0.1, -0.05) is 11.6 Å². The Hall–Kier alpha value is -3.17. The number of methoxy groups -OCH3 is 1. The van der Waals surface area contributed by atoms with Crippen LogP contribution in [0, 0.1) is 5.82 Å². The number of carbonyl (C=O) groups excluding carboxylic acids is 1. The highest BCUT2D eigenvalue weighted by atomic mass is 35.5. The molecular weight excluding hydrogens is 437 g/mol. The standard InChI is InChI=1S/C22H21ClFN5O3/c1-31-19-10-17-14(20(27-12-26-17)28-13-2-3-16(24)15(23)8-13)9-18(19)29-11-22(32-21(29)30)4-6-25-7-5-22/h2-3,8-10,12,25H,4-7,11H2,1H3,(H,26,27,28). The summed E-state index contributed by atoms with van der Waals surface area (Å²) in [6.07, 6.45) is 2.53. The number of nitrogens with zero attached hydrogens (tertiary/aromatic N) is 3. The Morgan fingerprint density at radius 2 is 2.06 bits per heavy atom. The van der Waals surface area contributed by atoms with Crippen molar-refractivity contribution < 1.29 is 18.7 Å². The number of rotatable bonds is 4. The van der Waals surface area contributed by atoms with Crippen LogP contribution < -0.4 is 20.3 Å². The van der Waals surface area contributed by atoms with E-state index in [0.717, 1.165) is 25.9 Å². The van der Waals surface area contributed by atoms with Gasteiger partial charge in [-0.25, -0.2) is 19.2 Å². The van der Waals surface area contributed by atoms with Crippen molar-refractivity contribution in [2.24, 2.45) is 0 Å². The fourth-order valence-electron chi connectivity index (χ4n) is 4.21. The second-order valence-electron chi connectivity index (χ2n) is 7.90. The van der Waals surface area contributed by atoms with Gasteiger partial charge in [0.05, 0.1) is 29.9 Å². The van der Waals surface area contributed by atoms with Crippen LogP contribution in [-0.4, -0.2) is 48.4 Å². The van der Waals surface area contributed by atoms with Gasteiger partial charge in [0.1, 0.15) is 29.3 Å². The van der Waals surface area contributed by atoms with E-state index in [0.29, 0.717) is 40.4 Å². The molecule has 1 amide bonds. The number of anilines is 3. The van der Waals surface area contributed by atoms with E-state index in [1.807, 2.05) is 6.07 Å². The van der Waals surface area contributed by atoms with Crippen molar-refractivity contribution in [3.05, 3.63) is 47.5 Å². The quantitative estimate of drug-likeness (QED) is 0.605. The summed E-state index contributed by atoms with van der Waals surface area (Å²) in [5.41, 5.74) is 1.28. The van der Waals surface area contributed by atoms with E-state index in [1.54, 1.807) is 24.1 Å². The summed E-state index contributed by atoms with van der Waals surface area (Å²) in [5.74, 6) is 0.497. The molecule has 8 nitrogen and oxygen atoms in total. The SMILES string of the molecule is COc1cc2ncnc(Nc3ccc(F)c(Cl)c3)c2cc1N1CC2(CCNCC2)OC1=O. The van der Waals surface area contributed by atoms with E-state index >= 15 is 0 Å². The van der Waals surface area contributed by atoms with Crippen molar-refractivity contribution in [1.29, 1.82) is 0 Å². The maximum atomic E-state index is 13.5. The second kappa shape index (κ2) is 8.07. The number of aromatic nitrogens is 2. The van der Waals surface area contributed by atoms with Crippen molar-refractivity contribution in [3.63, 3.8) is 0 Å². The van der Waals surface area contributed by atoms with E-state index in [4.69, 9.17) is 21.1 Å². The molecule has 5 rings (SSSR count). The monoisotopic (exact) mass is 457 g/mol. The number of nitrogens with one attached hydrogen (secondary N) is 2. The Labute approximate surface area is 188 Å². The lowest BCUT2D eigenvalue weighted by Crippen LogP contribution is -2.44. The number of fused-ring (bicyclic) bond motifs is 1. The average Bonchev–Trinajstić information content (AvgIpc) is 3.11. The van der Waals surface area contributed by atoms with Gasteiger partial charge in [0.25, 0.3) is 0 Å². The number of ether oxygens (including phenoxy) is 2. The first kappa shape index (κ1) is 20.7. The van der Waals surface area contributed by atoms with E-state index in [1.165, 1.54) is 18.5 Å². The number of hydrogen-bond acceptors (Lipinski definition) is 7. The molecule has 0 atom stereocenters. The van der Waals surface area contributed by atoms with Gasteiger partial charge >= 0.3 is 6.09 Å². The van der Waals surface area contributed by atoms with Crippen LogP contribution in [0.4, 0.5) is 26.4 Å². The third-order valence-corrected chi connectivity index (χ3v) is 6.18. The fraction of sp³-hybridized carbons (Fsp3) is 0.318. The molecule has 1 aromatic heterocycles. The van der Waals surface area contributed by atoms with Gasteiger partial charge in [-0.15, -0.1) is 0 Å². The third kappa shape index (κ3) is 3.67. The zero-order chi connectivity index (χ0) is 22.3. The minimum Gasteiger partial charge on any atom is -0.494 e. The van der Waals surface area contributed by atoms with Crippen molar-refractivity contribution in [2.75, 3.05) is 37.0 Å². The summed E-state index contributed by atoms with van der Waals surface area (Å²) < 4.78 is 24.9. The van der Waals surface area contributed by atoms with Gasteiger partial charge in [0, 0.05) is 30.0 Å². The molecule has 2 saturated heterocycles. The summed E-state index contributed by atoms with van der Waals surface area (Å²) in [7, 11) is 1.55. The van der Waals surface area contributed by atoms with Crippen molar-refractivity contribution in [3.8, 4) is 5.75 Å². The van der Waals surface area contributed by atoms with Crippen LogP contribution in [0.25, 0.3) is 10.9 Å². The molecule has 2 aliphatic heterocycles. The normalized spacial score (nSPS) is 17.6. The number of hydrogen-bond donors (Lipinski definition) is 2. The van der Waals surface area contributed by atoms with E-state index in [-0.39, 0.29) is 5.02 Å². The Bertz CT molecular complexity index is 1200. The molecule has 1 spiro atoms. The molecule has 2 aliphatic rings. The molecule has 2 N–H and O–H groups in total. The molecule has 3 aromatic rings. The lowest BCUT2D eigenvalue weighted by Gasteiger charge is -2.31. The van der Waals surface area contributed by atoms with Crippen LogP contribution >= 0.6 is 11.6 Å². The lowest BCUT2D eigenvalue weighted by atomic mass is 9.92. The maximum Gasteiger partial charge on any atom is 0.415 e. The van der Waals surface area contributed by atoms with Gasteiger partial charge in [0.15, 0.2) is 0 Å². The molecule has 3 heterocycles. The van der Waals surface area contributed by atoms with Gasteiger partial charge in [-0.2, -0.15) is 0 Å². The van der Waals surface area contributed by atoms with Gasteiger partial charge in [-0.3, -0.25) is 4.90 Å². The van der Waals surface area contributed by atoms with Crippen molar-refractivity contribution in [1.82, 2.24) is 15.3 Å². The first-order valence-corrected chi connectivity index (χ1v) is 10.6. The molecule has 0 radical (unpaired) electrons. The topological polar surface area (TPSA) is 88.6 Å². The molecule has 2 fully saturated rings. The third-order valence-electron chi connectivity index (χ3n) is 5.89. The van der Waals surface area contributed by atoms with Crippen LogP contribution in [0.15, 0.2) is 36.7 Å². The first-order chi connectivity index (χ1) is 15.5. The van der Waals surface area contributed by atoms with E-state index in [2.05, 4.69) is 20.6 Å². The minimum absolute atomic E-state index is 0.00259. The smallest absolute Gasteiger partial charge is 0.415 e. The first-order valence-electron chi connectivity index (χ1n) is 10.2. The molecule has 0 saturated carbocycles. The summed E-state index contributed by atoms with van der Waals surface area (Å²) in [5, 5.41) is 7.12. The molecule has 0 aliphatic carbocycles. The van der Waals surface area contributed by atoms with Gasteiger partial charge in [0.2, 0.25) is 0 Å². The summed E-state index contributed by atoms with van der Waals surface area (Å²) in [6, 6.07) is 7.90. The number of benzene rings is 2. The van der Waals surface area contributed by atoms with Crippen LogP contribution in [-0.2, 0) is 4.74 Å². The summed E-state index contributed by atoms with van der Waals surface area (Å²) in [4.78, 5) is 23.1.